The Labute approximate surface area is 181 Å². The number of benzene rings is 2. The molecular weight excluding hydrogens is 435 g/mol. The summed E-state index contributed by atoms with van der Waals surface area (Å²) in [5.74, 6) is 0.593. The summed E-state index contributed by atoms with van der Waals surface area (Å²) in [6.07, 6.45) is -3.46. The van der Waals surface area contributed by atoms with Crippen LogP contribution in [0.3, 0.4) is 0 Å². The van der Waals surface area contributed by atoms with Crippen LogP contribution < -0.4 is 4.74 Å². The number of Topliss-reactive ketones (excluding diaryl/α,β-unsaturated/α-hetero) is 1. The van der Waals surface area contributed by atoms with Gasteiger partial charge in [-0.15, -0.1) is 0 Å². The van der Waals surface area contributed by atoms with Gasteiger partial charge in [0, 0.05) is 22.6 Å². The molecule has 0 saturated heterocycles. The number of carbonyl (C=O) groups is 1. The van der Waals surface area contributed by atoms with E-state index in [0.29, 0.717) is 40.7 Å². The highest BCUT2D eigenvalue weighted by Crippen LogP contribution is 2.40. The molecule has 0 amide bonds. The Morgan fingerprint density at radius 1 is 1.17 bits per heavy atom. The van der Waals surface area contributed by atoms with Crippen molar-refractivity contribution in [2.75, 3.05) is 0 Å². The fourth-order valence-corrected chi connectivity index (χ4v) is 3.89. The molecule has 0 aliphatic rings. The maximum atomic E-state index is 13.5. The van der Waals surface area contributed by atoms with Gasteiger partial charge in [0.15, 0.2) is 0 Å². The molecule has 2 aromatic carbocycles. The molecule has 0 unspecified atom stereocenters. The Kier molecular flexibility index (Phi) is 6.83. The third kappa shape index (κ3) is 5.40. The van der Waals surface area contributed by atoms with Crippen molar-refractivity contribution in [1.82, 2.24) is 4.37 Å². The Balaban J connectivity index is 1.86. The van der Waals surface area contributed by atoms with Crippen LogP contribution in [0.5, 0.6) is 5.75 Å². The molecule has 0 aliphatic carbocycles. The summed E-state index contributed by atoms with van der Waals surface area (Å²) >= 11 is 6.30. The molecule has 0 fully saturated rings. The molecule has 0 N–H and O–H groups in total. The fraction of sp³-hybridized carbons (Fsp3) is 0.273. The van der Waals surface area contributed by atoms with Gasteiger partial charge in [0.2, 0.25) is 0 Å². The molecule has 8 heteroatoms. The molecule has 0 atom stereocenters. The summed E-state index contributed by atoms with van der Waals surface area (Å²) in [6, 6.07) is 11.9. The second-order valence-corrected chi connectivity index (χ2v) is 8.14. The van der Waals surface area contributed by atoms with Crippen LogP contribution in [0.4, 0.5) is 13.2 Å². The van der Waals surface area contributed by atoms with Gasteiger partial charge < -0.3 is 9.53 Å². The van der Waals surface area contributed by atoms with E-state index in [1.165, 1.54) is 6.92 Å². The van der Waals surface area contributed by atoms with Gasteiger partial charge in [-0.25, -0.2) is 0 Å². The van der Waals surface area contributed by atoms with Crippen molar-refractivity contribution < 1.29 is 22.7 Å². The van der Waals surface area contributed by atoms with Crippen molar-refractivity contribution >= 4 is 28.9 Å². The van der Waals surface area contributed by atoms with Gasteiger partial charge in [-0.05, 0) is 61.1 Å². The summed E-state index contributed by atoms with van der Waals surface area (Å²) in [5.41, 5.74) is 2.54. The zero-order valence-electron chi connectivity index (χ0n) is 16.3. The van der Waals surface area contributed by atoms with Crippen molar-refractivity contribution in [3.8, 4) is 17.0 Å². The number of nitrogens with zero attached hydrogens (tertiary/aromatic N) is 1. The lowest BCUT2D eigenvalue weighted by molar-refractivity contribution is -0.135. The number of halogens is 4. The average molecular weight is 454 g/mol. The first-order valence-corrected chi connectivity index (χ1v) is 10.3. The maximum absolute atomic E-state index is 13.5. The third-order valence-corrected chi connectivity index (χ3v) is 5.73. The van der Waals surface area contributed by atoms with Gasteiger partial charge in [0.05, 0.1) is 5.69 Å². The zero-order valence-corrected chi connectivity index (χ0v) is 17.9. The Morgan fingerprint density at radius 2 is 1.87 bits per heavy atom. The van der Waals surface area contributed by atoms with E-state index in [2.05, 4.69) is 4.37 Å². The zero-order chi connectivity index (χ0) is 21.9. The number of hydrogen-bond donors (Lipinski definition) is 0. The summed E-state index contributed by atoms with van der Waals surface area (Å²) in [6.45, 7) is 3.09. The van der Waals surface area contributed by atoms with Gasteiger partial charge >= 0.3 is 6.18 Å². The van der Waals surface area contributed by atoms with Crippen molar-refractivity contribution in [3.05, 3.63) is 69.1 Å². The number of rotatable bonds is 7. The summed E-state index contributed by atoms with van der Waals surface area (Å²) in [5, 5.41) is 0.489. The van der Waals surface area contributed by atoms with Gasteiger partial charge in [0.25, 0.3) is 0 Å². The first-order valence-electron chi connectivity index (χ1n) is 9.18. The molecule has 0 radical (unpaired) electrons. The lowest BCUT2D eigenvalue weighted by Crippen LogP contribution is -2.09. The van der Waals surface area contributed by atoms with Crippen LogP contribution in [-0.4, -0.2) is 10.2 Å². The molecule has 3 aromatic rings. The second kappa shape index (κ2) is 9.18. The fourth-order valence-electron chi connectivity index (χ4n) is 3.00. The lowest BCUT2D eigenvalue weighted by Gasteiger charge is -2.13. The van der Waals surface area contributed by atoms with Gasteiger partial charge in [-0.3, -0.25) is 0 Å². The predicted octanol–water partition coefficient (Wildman–Crippen LogP) is 6.89. The first kappa shape index (κ1) is 22.3. The molecule has 0 saturated carbocycles. The third-order valence-electron chi connectivity index (χ3n) is 4.54. The van der Waals surface area contributed by atoms with Gasteiger partial charge in [-0.2, -0.15) is 17.5 Å². The lowest BCUT2D eigenvalue weighted by atomic mass is 10.0. The van der Waals surface area contributed by atoms with Crippen molar-refractivity contribution in [1.29, 1.82) is 0 Å². The molecule has 0 aliphatic heterocycles. The Morgan fingerprint density at radius 3 is 2.47 bits per heavy atom. The summed E-state index contributed by atoms with van der Waals surface area (Å²) < 4.78 is 50.3. The molecule has 0 spiro atoms. The predicted molar refractivity (Wildman–Crippen MR) is 112 cm³/mol. The molecule has 30 heavy (non-hydrogen) atoms. The van der Waals surface area contributed by atoms with Crippen LogP contribution in [0.25, 0.3) is 11.3 Å². The molecule has 158 valence electrons. The van der Waals surface area contributed by atoms with Crippen LogP contribution in [0, 0.1) is 6.92 Å². The van der Waals surface area contributed by atoms with Crippen LogP contribution in [0.15, 0.2) is 42.5 Å². The minimum absolute atomic E-state index is 0.00474. The largest absolute Gasteiger partial charge is 0.489 e. The van der Waals surface area contributed by atoms with E-state index in [0.717, 1.165) is 11.1 Å². The minimum Gasteiger partial charge on any atom is -0.489 e. The van der Waals surface area contributed by atoms with Crippen molar-refractivity contribution in [2.24, 2.45) is 0 Å². The van der Waals surface area contributed by atoms with Crippen LogP contribution >= 0.6 is 23.1 Å². The maximum Gasteiger partial charge on any atom is 0.427 e. The number of carbonyl (C=O) groups excluding carboxylic acids is 1. The number of hydrogen-bond acceptors (Lipinski definition) is 4. The second-order valence-electron chi connectivity index (χ2n) is 6.93. The molecular formula is C22H19ClF3NO2S. The van der Waals surface area contributed by atoms with Crippen LogP contribution in [0.2, 0.25) is 5.02 Å². The van der Waals surface area contributed by atoms with Gasteiger partial charge in [0.1, 0.15) is 23.0 Å². The number of alkyl halides is 3. The summed E-state index contributed by atoms with van der Waals surface area (Å²) in [4.78, 5) is 10.4. The average Bonchev–Trinajstić information content (AvgIpc) is 3.10. The molecule has 1 heterocycles. The van der Waals surface area contributed by atoms with Crippen LogP contribution in [-0.2, 0) is 24.0 Å². The van der Waals surface area contributed by atoms with E-state index in [9.17, 15) is 18.0 Å². The van der Waals surface area contributed by atoms with Gasteiger partial charge in [-0.1, -0.05) is 35.9 Å². The quantitative estimate of drug-likeness (QED) is 0.391. The minimum atomic E-state index is -4.52. The topological polar surface area (TPSA) is 39.2 Å². The van der Waals surface area contributed by atoms with Crippen LogP contribution in [0.1, 0.15) is 34.9 Å². The van der Waals surface area contributed by atoms with E-state index < -0.39 is 11.1 Å². The van der Waals surface area contributed by atoms with E-state index in [1.54, 1.807) is 30.3 Å². The van der Waals surface area contributed by atoms with E-state index in [-0.39, 0.29) is 23.6 Å². The first-order chi connectivity index (χ1) is 14.1. The number of aryl methyl sites for hydroxylation is 2. The molecule has 3 nitrogen and oxygen atoms in total. The van der Waals surface area contributed by atoms with E-state index in [1.807, 2.05) is 19.1 Å². The van der Waals surface area contributed by atoms with E-state index >= 15 is 0 Å². The number of aromatic nitrogens is 1. The highest BCUT2D eigenvalue weighted by Gasteiger charge is 2.38. The van der Waals surface area contributed by atoms with E-state index in [4.69, 9.17) is 16.3 Å². The monoisotopic (exact) mass is 453 g/mol. The normalized spacial score (nSPS) is 11.5. The molecule has 3 rings (SSSR count). The SMILES string of the molecule is CC(=O)CCc1ccc(OCc2c(-c3ccc(Cl)cc3)nsc2C(F)(F)F)c(C)c1. The highest BCUT2D eigenvalue weighted by molar-refractivity contribution is 7.06. The van der Waals surface area contributed by atoms with Crippen molar-refractivity contribution in [3.63, 3.8) is 0 Å². The number of ketones is 1. The Bertz CT molecular complexity index is 1050. The standard InChI is InChI=1S/C22H19ClF3NO2S/c1-13-11-15(4-3-14(2)28)5-10-19(13)29-12-18-20(16-6-8-17(23)9-7-16)27-30-21(18)22(24,25)26/h5-11H,3-4,12H2,1-2H3. The molecule has 0 bridgehead atoms. The smallest absolute Gasteiger partial charge is 0.427 e. The highest BCUT2D eigenvalue weighted by atomic mass is 35.5. The Hall–Kier alpha value is -2.38. The molecule has 1 aromatic heterocycles. The summed E-state index contributed by atoms with van der Waals surface area (Å²) in [7, 11) is 0. The number of ether oxygens (including phenoxy) is 1. The van der Waals surface area contributed by atoms with Crippen molar-refractivity contribution in [2.45, 2.75) is 39.5 Å².